The van der Waals surface area contributed by atoms with Gasteiger partial charge in [0.25, 0.3) is 0 Å². The fourth-order valence-electron chi connectivity index (χ4n) is 2.33. The van der Waals surface area contributed by atoms with E-state index in [4.69, 9.17) is 4.74 Å². The summed E-state index contributed by atoms with van der Waals surface area (Å²) in [6.45, 7) is 0. The van der Waals surface area contributed by atoms with E-state index in [0.29, 0.717) is 5.56 Å². The number of carbonyl (C=O) groups excluding carboxylic acids is 1. The Kier molecular flexibility index (Phi) is 4.01. The van der Waals surface area contributed by atoms with Crippen LogP contribution < -0.4 is 4.74 Å². The van der Waals surface area contributed by atoms with Crippen LogP contribution in [0.4, 0.5) is 0 Å². The van der Waals surface area contributed by atoms with Crippen LogP contribution in [0.2, 0.25) is 0 Å². The second kappa shape index (κ2) is 6.27. The van der Waals surface area contributed by atoms with Crippen LogP contribution in [0, 0.1) is 0 Å². The molecule has 0 unspecified atom stereocenters. The van der Waals surface area contributed by atoms with Crippen LogP contribution in [0.25, 0.3) is 16.8 Å². The molecule has 3 aromatic rings. The Morgan fingerprint density at radius 1 is 0.909 bits per heavy atom. The van der Waals surface area contributed by atoms with Crippen molar-refractivity contribution in [2.45, 2.75) is 0 Å². The minimum atomic E-state index is -0.0178. The van der Waals surface area contributed by atoms with E-state index >= 15 is 0 Å². The number of carbonyl (C=O) groups is 1. The molecule has 0 aliphatic heterocycles. The van der Waals surface area contributed by atoms with Crippen LogP contribution in [-0.2, 0) is 0 Å². The smallest absolute Gasteiger partial charge is 0.185 e. The predicted molar refractivity (Wildman–Crippen MR) is 90.3 cm³/mol. The van der Waals surface area contributed by atoms with Crippen molar-refractivity contribution >= 4 is 22.6 Å². The molecule has 0 aromatic heterocycles. The summed E-state index contributed by atoms with van der Waals surface area (Å²) in [4.78, 5) is 12.2. The van der Waals surface area contributed by atoms with Crippen LogP contribution in [-0.4, -0.2) is 12.9 Å². The van der Waals surface area contributed by atoms with Crippen molar-refractivity contribution in [3.63, 3.8) is 0 Å². The van der Waals surface area contributed by atoms with Crippen molar-refractivity contribution in [2.24, 2.45) is 0 Å². The minimum absolute atomic E-state index is 0.0178. The lowest BCUT2D eigenvalue weighted by Crippen LogP contribution is -1.94. The van der Waals surface area contributed by atoms with Gasteiger partial charge in [0.15, 0.2) is 5.78 Å². The van der Waals surface area contributed by atoms with Crippen molar-refractivity contribution in [1.29, 1.82) is 0 Å². The molecule has 0 fully saturated rings. The molecule has 0 saturated carbocycles. The van der Waals surface area contributed by atoms with Gasteiger partial charge in [0.1, 0.15) is 5.75 Å². The number of benzene rings is 3. The highest BCUT2D eigenvalue weighted by Gasteiger charge is 2.02. The van der Waals surface area contributed by atoms with Crippen molar-refractivity contribution in [1.82, 2.24) is 0 Å². The van der Waals surface area contributed by atoms with Gasteiger partial charge in [0, 0.05) is 5.56 Å². The lowest BCUT2D eigenvalue weighted by molar-refractivity contribution is 0.104. The highest BCUT2D eigenvalue weighted by atomic mass is 16.5. The van der Waals surface area contributed by atoms with Crippen molar-refractivity contribution in [3.05, 3.63) is 83.9 Å². The summed E-state index contributed by atoms with van der Waals surface area (Å²) >= 11 is 0. The van der Waals surface area contributed by atoms with E-state index in [2.05, 4.69) is 24.3 Å². The summed E-state index contributed by atoms with van der Waals surface area (Å²) in [5.74, 6) is 0.728. The summed E-state index contributed by atoms with van der Waals surface area (Å²) in [6, 6.07) is 21.4. The van der Waals surface area contributed by atoms with E-state index in [1.165, 1.54) is 10.8 Å². The predicted octanol–water partition coefficient (Wildman–Crippen LogP) is 4.74. The first-order valence-corrected chi connectivity index (χ1v) is 7.11. The molecule has 2 nitrogen and oxygen atoms in total. The molecule has 0 radical (unpaired) electrons. The highest BCUT2D eigenvalue weighted by molar-refractivity contribution is 6.07. The van der Waals surface area contributed by atoms with E-state index in [1.54, 1.807) is 37.5 Å². The molecule has 108 valence electrons. The SMILES string of the molecule is COc1ccc(C(=O)/C=C/c2ccc3ccccc3c2)cc1. The monoisotopic (exact) mass is 288 g/mol. The van der Waals surface area contributed by atoms with Gasteiger partial charge in [-0.3, -0.25) is 4.79 Å². The van der Waals surface area contributed by atoms with Crippen LogP contribution in [0.1, 0.15) is 15.9 Å². The van der Waals surface area contributed by atoms with Crippen LogP contribution in [0.15, 0.2) is 72.8 Å². The van der Waals surface area contributed by atoms with Gasteiger partial charge in [-0.1, -0.05) is 42.5 Å². The summed E-state index contributed by atoms with van der Waals surface area (Å²) in [5, 5.41) is 2.36. The van der Waals surface area contributed by atoms with E-state index in [0.717, 1.165) is 11.3 Å². The molecule has 0 aliphatic rings. The van der Waals surface area contributed by atoms with Crippen molar-refractivity contribution in [2.75, 3.05) is 7.11 Å². The molecule has 0 amide bonds. The Bertz CT molecular complexity index is 830. The van der Waals surface area contributed by atoms with Crippen molar-refractivity contribution < 1.29 is 9.53 Å². The lowest BCUT2D eigenvalue weighted by atomic mass is 10.1. The van der Waals surface area contributed by atoms with Crippen LogP contribution >= 0.6 is 0 Å². The Morgan fingerprint density at radius 2 is 1.64 bits per heavy atom. The fourth-order valence-corrected chi connectivity index (χ4v) is 2.33. The number of ether oxygens (including phenoxy) is 1. The van der Waals surface area contributed by atoms with Crippen LogP contribution in [0.3, 0.4) is 0 Å². The minimum Gasteiger partial charge on any atom is -0.497 e. The molecule has 0 N–H and O–H groups in total. The van der Waals surface area contributed by atoms with Gasteiger partial charge >= 0.3 is 0 Å². The third kappa shape index (κ3) is 3.07. The largest absolute Gasteiger partial charge is 0.497 e. The third-order valence-corrected chi connectivity index (χ3v) is 3.58. The van der Waals surface area contributed by atoms with Gasteiger partial charge in [0.05, 0.1) is 7.11 Å². The maximum absolute atomic E-state index is 12.2. The summed E-state index contributed by atoms with van der Waals surface area (Å²) in [5.41, 5.74) is 1.67. The molecule has 0 bridgehead atoms. The number of hydrogen-bond donors (Lipinski definition) is 0. The van der Waals surface area contributed by atoms with Gasteiger partial charge in [0.2, 0.25) is 0 Å². The Labute approximate surface area is 129 Å². The Morgan fingerprint density at radius 3 is 2.36 bits per heavy atom. The quantitative estimate of drug-likeness (QED) is 0.512. The number of rotatable bonds is 4. The topological polar surface area (TPSA) is 26.3 Å². The summed E-state index contributed by atoms with van der Waals surface area (Å²) < 4.78 is 5.09. The first kappa shape index (κ1) is 14.1. The zero-order chi connectivity index (χ0) is 15.4. The highest BCUT2D eigenvalue weighted by Crippen LogP contribution is 2.17. The molecule has 0 aliphatic carbocycles. The van der Waals surface area contributed by atoms with Gasteiger partial charge < -0.3 is 4.74 Å². The average molecular weight is 288 g/mol. The lowest BCUT2D eigenvalue weighted by Gasteiger charge is -2.01. The van der Waals surface area contributed by atoms with E-state index in [-0.39, 0.29) is 5.78 Å². The van der Waals surface area contributed by atoms with E-state index in [9.17, 15) is 4.79 Å². The standard InChI is InChI=1S/C20H16O2/c1-22-19-11-9-17(10-12-19)20(21)13-7-15-6-8-16-4-2-3-5-18(16)14-15/h2-14H,1H3/b13-7+. The zero-order valence-corrected chi connectivity index (χ0v) is 12.3. The molecular weight excluding hydrogens is 272 g/mol. The zero-order valence-electron chi connectivity index (χ0n) is 12.3. The van der Waals surface area contributed by atoms with Gasteiger partial charge in [-0.05, 0) is 52.7 Å². The third-order valence-electron chi connectivity index (χ3n) is 3.58. The average Bonchev–Trinajstić information content (AvgIpc) is 2.59. The molecule has 0 spiro atoms. The number of allylic oxidation sites excluding steroid dienone is 1. The molecule has 0 heterocycles. The maximum Gasteiger partial charge on any atom is 0.185 e. The second-order valence-corrected chi connectivity index (χ2v) is 5.03. The molecule has 22 heavy (non-hydrogen) atoms. The Hall–Kier alpha value is -2.87. The number of methoxy groups -OCH3 is 1. The summed E-state index contributed by atoms with van der Waals surface area (Å²) in [7, 11) is 1.61. The Balaban J connectivity index is 1.80. The summed E-state index contributed by atoms with van der Waals surface area (Å²) in [6.07, 6.45) is 3.45. The molecular formula is C20H16O2. The number of ketones is 1. The van der Waals surface area contributed by atoms with Gasteiger partial charge in [-0.25, -0.2) is 0 Å². The van der Waals surface area contributed by atoms with Gasteiger partial charge in [-0.2, -0.15) is 0 Å². The van der Waals surface area contributed by atoms with Crippen LogP contribution in [0.5, 0.6) is 5.75 Å². The molecule has 3 aromatic carbocycles. The molecule has 3 rings (SSSR count). The molecule has 2 heteroatoms. The van der Waals surface area contributed by atoms with E-state index in [1.807, 2.05) is 24.3 Å². The fraction of sp³-hybridized carbons (Fsp3) is 0.0500. The van der Waals surface area contributed by atoms with Gasteiger partial charge in [-0.15, -0.1) is 0 Å². The van der Waals surface area contributed by atoms with E-state index < -0.39 is 0 Å². The number of hydrogen-bond acceptors (Lipinski definition) is 2. The van der Waals surface area contributed by atoms with Crippen molar-refractivity contribution in [3.8, 4) is 5.75 Å². The number of fused-ring (bicyclic) bond motifs is 1. The first-order valence-electron chi connectivity index (χ1n) is 7.11. The second-order valence-electron chi connectivity index (χ2n) is 5.03. The maximum atomic E-state index is 12.2. The molecule has 0 atom stereocenters. The first-order chi connectivity index (χ1) is 10.8. The molecule has 0 saturated heterocycles. The normalized spacial score (nSPS) is 11.0.